The van der Waals surface area contributed by atoms with Crippen molar-refractivity contribution in [1.82, 2.24) is 9.88 Å². The third kappa shape index (κ3) is 2.48. The molecule has 0 aliphatic carbocycles. The molecule has 1 aliphatic heterocycles. The minimum absolute atomic E-state index is 0.894. The van der Waals surface area contributed by atoms with Crippen LogP contribution in [0, 0.1) is 0 Å². The van der Waals surface area contributed by atoms with E-state index in [1.165, 1.54) is 32.4 Å². The molecule has 18 heavy (non-hydrogen) atoms. The predicted octanol–water partition coefficient (Wildman–Crippen LogP) is 2.73. The van der Waals surface area contributed by atoms with Gasteiger partial charge in [0.15, 0.2) is 0 Å². The Morgan fingerprint density at radius 2 is 2.11 bits per heavy atom. The van der Waals surface area contributed by atoms with E-state index in [4.69, 9.17) is 4.42 Å². The van der Waals surface area contributed by atoms with Crippen LogP contribution in [0.15, 0.2) is 29.0 Å². The molecule has 1 saturated heterocycles. The zero-order valence-corrected chi connectivity index (χ0v) is 10.6. The van der Waals surface area contributed by atoms with Crippen LogP contribution >= 0.6 is 0 Å². The van der Waals surface area contributed by atoms with Gasteiger partial charge in [-0.2, -0.15) is 0 Å². The average molecular weight is 245 g/mol. The Bertz CT molecular complexity index is 502. The SMILES string of the molecule is c1cc2occc2c(NCCN2CCCCC2)n1. The Morgan fingerprint density at radius 3 is 3.00 bits per heavy atom. The fraction of sp³-hybridized carbons (Fsp3) is 0.500. The summed E-state index contributed by atoms with van der Waals surface area (Å²) in [4.78, 5) is 6.89. The normalized spacial score (nSPS) is 17.1. The molecular weight excluding hydrogens is 226 g/mol. The molecule has 4 heteroatoms. The smallest absolute Gasteiger partial charge is 0.139 e. The van der Waals surface area contributed by atoms with E-state index in [9.17, 15) is 0 Å². The van der Waals surface area contributed by atoms with Crippen LogP contribution in [0.25, 0.3) is 11.0 Å². The molecule has 0 bridgehead atoms. The van der Waals surface area contributed by atoms with Gasteiger partial charge in [-0.1, -0.05) is 6.42 Å². The molecule has 0 saturated carbocycles. The summed E-state index contributed by atoms with van der Waals surface area (Å²) < 4.78 is 5.36. The number of hydrogen-bond acceptors (Lipinski definition) is 4. The lowest BCUT2D eigenvalue weighted by Gasteiger charge is -2.26. The second-order valence-corrected chi connectivity index (χ2v) is 4.82. The van der Waals surface area contributed by atoms with Gasteiger partial charge in [0.2, 0.25) is 0 Å². The fourth-order valence-corrected chi connectivity index (χ4v) is 2.55. The van der Waals surface area contributed by atoms with Crippen LogP contribution in [0.2, 0.25) is 0 Å². The maximum Gasteiger partial charge on any atom is 0.139 e. The number of pyridine rings is 1. The molecule has 4 nitrogen and oxygen atoms in total. The summed E-state index contributed by atoms with van der Waals surface area (Å²) in [6.45, 7) is 4.52. The van der Waals surface area contributed by atoms with E-state index in [2.05, 4.69) is 15.2 Å². The molecule has 1 aliphatic rings. The number of nitrogens with one attached hydrogen (secondary N) is 1. The van der Waals surface area contributed by atoms with Crippen molar-refractivity contribution in [2.75, 3.05) is 31.5 Å². The molecule has 0 spiro atoms. The van der Waals surface area contributed by atoms with Crippen molar-refractivity contribution in [1.29, 1.82) is 0 Å². The summed E-state index contributed by atoms with van der Waals surface area (Å²) in [5.41, 5.74) is 0.894. The predicted molar refractivity (Wildman–Crippen MR) is 72.8 cm³/mol. The number of hydrogen-bond donors (Lipinski definition) is 1. The number of furan rings is 1. The Balaban J connectivity index is 1.57. The Morgan fingerprint density at radius 1 is 1.22 bits per heavy atom. The second kappa shape index (κ2) is 5.40. The Kier molecular flexibility index (Phi) is 3.46. The van der Waals surface area contributed by atoms with Gasteiger partial charge in [-0.05, 0) is 38.1 Å². The van der Waals surface area contributed by atoms with Crippen LogP contribution in [-0.2, 0) is 0 Å². The zero-order chi connectivity index (χ0) is 12.2. The second-order valence-electron chi connectivity index (χ2n) is 4.82. The molecule has 2 aromatic heterocycles. The van der Waals surface area contributed by atoms with Gasteiger partial charge in [-0.25, -0.2) is 4.98 Å². The van der Waals surface area contributed by atoms with E-state index in [1.54, 1.807) is 12.5 Å². The van der Waals surface area contributed by atoms with Crippen LogP contribution in [0.1, 0.15) is 19.3 Å². The first-order chi connectivity index (χ1) is 8.93. The molecule has 3 heterocycles. The Hall–Kier alpha value is -1.55. The number of likely N-dealkylation sites (tertiary alicyclic amines) is 1. The van der Waals surface area contributed by atoms with Crippen LogP contribution in [0.4, 0.5) is 5.82 Å². The van der Waals surface area contributed by atoms with Crippen LogP contribution < -0.4 is 5.32 Å². The number of piperidine rings is 1. The largest absolute Gasteiger partial charge is 0.464 e. The third-order valence-corrected chi connectivity index (χ3v) is 3.55. The highest BCUT2D eigenvalue weighted by atomic mass is 16.3. The van der Waals surface area contributed by atoms with E-state index in [0.29, 0.717) is 0 Å². The van der Waals surface area contributed by atoms with Crippen LogP contribution in [0.3, 0.4) is 0 Å². The monoisotopic (exact) mass is 245 g/mol. The molecule has 2 aromatic rings. The molecule has 1 fully saturated rings. The molecular formula is C14H19N3O. The van der Waals surface area contributed by atoms with Gasteiger partial charge < -0.3 is 14.6 Å². The summed E-state index contributed by atoms with van der Waals surface area (Å²) in [7, 11) is 0. The summed E-state index contributed by atoms with van der Waals surface area (Å²) in [5, 5.41) is 4.47. The van der Waals surface area contributed by atoms with Crippen molar-refractivity contribution >= 4 is 16.8 Å². The third-order valence-electron chi connectivity index (χ3n) is 3.55. The number of rotatable bonds is 4. The zero-order valence-electron chi connectivity index (χ0n) is 10.6. The minimum atomic E-state index is 0.894. The lowest BCUT2D eigenvalue weighted by atomic mass is 10.1. The highest BCUT2D eigenvalue weighted by Crippen LogP contribution is 2.21. The summed E-state index contributed by atoms with van der Waals surface area (Å²) in [6.07, 6.45) is 7.57. The molecule has 1 N–H and O–H groups in total. The number of aromatic nitrogens is 1. The average Bonchev–Trinajstić information content (AvgIpc) is 2.89. The summed E-state index contributed by atoms with van der Waals surface area (Å²) in [5.74, 6) is 0.929. The first-order valence-electron chi connectivity index (χ1n) is 6.72. The fourth-order valence-electron chi connectivity index (χ4n) is 2.55. The van der Waals surface area contributed by atoms with E-state index in [0.717, 1.165) is 29.9 Å². The standard InChI is InChI=1S/C14H19N3O/c1-2-8-17(9-3-1)10-7-16-14-12-5-11-18-13(12)4-6-15-14/h4-6,11H,1-3,7-10H2,(H,15,16). The topological polar surface area (TPSA) is 41.3 Å². The van der Waals surface area contributed by atoms with Crippen molar-refractivity contribution < 1.29 is 4.42 Å². The van der Waals surface area contributed by atoms with E-state index in [1.807, 2.05) is 12.1 Å². The molecule has 0 amide bonds. The molecule has 0 unspecified atom stereocenters. The first kappa shape index (κ1) is 11.5. The highest BCUT2D eigenvalue weighted by Gasteiger charge is 2.09. The lowest BCUT2D eigenvalue weighted by molar-refractivity contribution is 0.237. The van der Waals surface area contributed by atoms with E-state index >= 15 is 0 Å². The highest BCUT2D eigenvalue weighted by molar-refractivity contribution is 5.87. The first-order valence-corrected chi connectivity index (χ1v) is 6.72. The van der Waals surface area contributed by atoms with Crippen molar-refractivity contribution in [2.24, 2.45) is 0 Å². The van der Waals surface area contributed by atoms with Gasteiger partial charge in [0.05, 0.1) is 11.6 Å². The van der Waals surface area contributed by atoms with Gasteiger partial charge in [0.25, 0.3) is 0 Å². The molecule has 3 rings (SSSR count). The van der Waals surface area contributed by atoms with Gasteiger partial charge in [-0.3, -0.25) is 0 Å². The van der Waals surface area contributed by atoms with Crippen molar-refractivity contribution in [3.05, 3.63) is 24.6 Å². The number of nitrogens with zero attached hydrogens (tertiary/aromatic N) is 2. The number of anilines is 1. The van der Waals surface area contributed by atoms with E-state index < -0.39 is 0 Å². The molecule has 0 atom stereocenters. The number of fused-ring (bicyclic) bond motifs is 1. The van der Waals surface area contributed by atoms with Crippen molar-refractivity contribution in [3.8, 4) is 0 Å². The molecule has 0 aromatic carbocycles. The minimum Gasteiger partial charge on any atom is -0.464 e. The van der Waals surface area contributed by atoms with Crippen LogP contribution in [-0.4, -0.2) is 36.1 Å². The maximum absolute atomic E-state index is 5.36. The van der Waals surface area contributed by atoms with Crippen molar-refractivity contribution in [3.63, 3.8) is 0 Å². The molecule has 96 valence electrons. The van der Waals surface area contributed by atoms with Gasteiger partial charge >= 0.3 is 0 Å². The van der Waals surface area contributed by atoms with Gasteiger partial charge in [0.1, 0.15) is 11.4 Å². The lowest BCUT2D eigenvalue weighted by Crippen LogP contribution is -2.33. The van der Waals surface area contributed by atoms with Crippen LogP contribution in [0.5, 0.6) is 0 Å². The summed E-state index contributed by atoms with van der Waals surface area (Å²) in [6, 6.07) is 3.86. The van der Waals surface area contributed by atoms with Gasteiger partial charge in [0, 0.05) is 19.3 Å². The van der Waals surface area contributed by atoms with Crippen molar-refractivity contribution in [2.45, 2.75) is 19.3 Å². The summed E-state index contributed by atoms with van der Waals surface area (Å²) >= 11 is 0. The Labute approximate surface area is 107 Å². The van der Waals surface area contributed by atoms with Gasteiger partial charge in [-0.15, -0.1) is 0 Å². The molecule has 0 radical (unpaired) electrons. The quantitative estimate of drug-likeness (QED) is 0.899. The van der Waals surface area contributed by atoms with E-state index in [-0.39, 0.29) is 0 Å². The maximum atomic E-state index is 5.36.